The van der Waals surface area contributed by atoms with Gasteiger partial charge in [0.15, 0.2) is 0 Å². The first-order valence-corrected chi connectivity index (χ1v) is 11.7. The molecule has 1 N–H and O–H groups in total. The molecule has 0 saturated heterocycles. The molecule has 0 amide bonds. The minimum absolute atomic E-state index is 0.587. The lowest BCUT2D eigenvalue weighted by Gasteiger charge is -2.12. The predicted octanol–water partition coefficient (Wildman–Crippen LogP) is 7.04. The summed E-state index contributed by atoms with van der Waals surface area (Å²) >= 11 is 0. The van der Waals surface area contributed by atoms with E-state index in [4.69, 9.17) is 10.2 Å². The zero-order valence-electron chi connectivity index (χ0n) is 20.8. The van der Waals surface area contributed by atoms with Crippen LogP contribution in [-0.2, 0) is 12.8 Å². The number of aryl methyl sites for hydroxylation is 3. The van der Waals surface area contributed by atoms with Crippen molar-refractivity contribution in [3.05, 3.63) is 70.5 Å². The van der Waals surface area contributed by atoms with Crippen LogP contribution >= 0.6 is 0 Å². The Bertz CT molecular complexity index is 997. The van der Waals surface area contributed by atoms with E-state index >= 15 is 0 Å². The van der Waals surface area contributed by atoms with Crippen LogP contribution in [0.5, 0.6) is 0 Å². The van der Waals surface area contributed by atoms with Crippen LogP contribution < -0.4 is 4.90 Å². The fourth-order valence-electron chi connectivity index (χ4n) is 3.67. The van der Waals surface area contributed by atoms with Gasteiger partial charge in [0.05, 0.1) is 17.3 Å². The number of hydrogen-bond donors (Lipinski definition) is 1. The van der Waals surface area contributed by atoms with Gasteiger partial charge < -0.3 is 9.88 Å². The van der Waals surface area contributed by atoms with E-state index in [9.17, 15) is 0 Å². The molecular weight excluding hydrogens is 392 g/mol. The molecule has 0 radical (unpaired) electrons. The van der Waals surface area contributed by atoms with Gasteiger partial charge in [-0.25, -0.2) is 4.98 Å². The normalized spacial score (nSPS) is 12.0. The summed E-state index contributed by atoms with van der Waals surface area (Å²) in [7, 11) is 3.97. The fraction of sp³-hybridized carbons (Fsp3) is 0.429. The Kier molecular flexibility index (Phi) is 9.53. The predicted molar refractivity (Wildman–Crippen MR) is 136 cm³/mol. The van der Waals surface area contributed by atoms with Crippen molar-refractivity contribution in [3.8, 4) is 17.5 Å². The van der Waals surface area contributed by atoms with E-state index in [-0.39, 0.29) is 0 Å². The highest BCUT2D eigenvalue weighted by Gasteiger charge is 2.15. The lowest BCUT2D eigenvalue weighted by atomic mass is 10.0. The average Bonchev–Trinajstić information content (AvgIpc) is 3.25. The molecule has 2 aromatic carbocycles. The number of fused-ring (bicyclic) bond motifs is 1. The third-order valence-electron chi connectivity index (χ3n) is 5.65. The molecule has 4 heteroatoms. The van der Waals surface area contributed by atoms with E-state index in [0.717, 1.165) is 35.5 Å². The second-order valence-electron chi connectivity index (χ2n) is 8.50. The second kappa shape index (κ2) is 12.1. The number of H-pyrrole nitrogens is 1. The highest BCUT2D eigenvalue weighted by Crippen LogP contribution is 2.25. The lowest BCUT2D eigenvalue weighted by molar-refractivity contribution is 0.667. The van der Waals surface area contributed by atoms with Crippen LogP contribution in [-0.4, -0.2) is 24.1 Å². The summed E-state index contributed by atoms with van der Waals surface area (Å²) < 4.78 is 0. The van der Waals surface area contributed by atoms with Gasteiger partial charge in [-0.2, -0.15) is 5.26 Å². The van der Waals surface area contributed by atoms with E-state index in [2.05, 4.69) is 49.2 Å². The summed E-state index contributed by atoms with van der Waals surface area (Å²) in [5.41, 5.74) is 8.13. The molecule has 170 valence electrons. The number of hydrogen-bond acceptors (Lipinski definition) is 3. The SMILES string of the molecule is CC.CC(C)c1ccc(-c2nc3c([nH]2)CCCC3)cc1.Cc1cc(N(C)C)ccc1C#N. The molecule has 1 aromatic heterocycles. The molecule has 0 aliphatic heterocycles. The Morgan fingerprint density at radius 2 is 1.66 bits per heavy atom. The van der Waals surface area contributed by atoms with E-state index in [0.29, 0.717) is 5.92 Å². The van der Waals surface area contributed by atoms with Crippen LogP contribution in [0, 0.1) is 18.3 Å². The standard InChI is InChI=1S/C16H20N2.C10H12N2.C2H6/c1-11(2)12-7-9-13(10-8-12)16-17-14-5-3-4-6-15(14)18-16;1-8-6-10(12(2)3)5-4-9(8)7-11;1-2/h7-11H,3-6H2,1-2H3,(H,17,18);4-6H,1-3H3;1-2H3. The molecule has 4 rings (SSSR count). The first-order chi connectivity index (χ1) is 15.4. The van der Waals surface area contributed by atoms with Crippen molar-refractivity contribution >= 4 is 5.69 Å². The molecule has 1 aliphatic carbocycles. The van der Waals surface area contributed by atoms with Crippen molar-refractivity contribution in [2.24, 2.45) is 0 Å². The Balaban J connectivity index is 0.000000227. The summed E-state index contributed by atoms with van der Waals surface area (Å²) in [4.78, 5) is 10.2. The lowest BCUT2D eigenvalue weighted by Crippen LogP contribution is -2.08. The van der Waals surface area contributed by atoms with Crippen LogP contribution in [0.4, 0.5) is 5.69 Å². The number of benzene rings is 2. The van der Waals surface area contributed by atoms with Gasteiger partial charge in [0, 0.05) is 31.0 Å². The molecule has 32 heavy (non-hydrogen) atoms. The monoisotopic (exact) mass is 430 g/mol. The van der Waals surface area contributed by atoms with Crippen LogP contribution in [0.2, 0.25) is 0 Å². The summed E-state index contributed by atoms with van der Waals surface area (Å²) in [6, 6.07) is 16.7. The largest absolute Gasteiger partial charge is 0.378 e. The fourth-order valence-corrected chi connectivity index (χ4v) is 3.67. The highest BCUT2D eigenvalue weighted by atomic mass is 15.1. The number of nitrogens with zero attached hydrogens (tertiary/aromatic N) is 3. The van der Waals surface area contributed by atoms with Crippen LogP contribution in [0.25, 0.3) is 11.4 Å². The molecular formula is C28H38N4. The molecule has 3 aromatic rings. The van der Waals surface area contributed by atoms with Crippen LogP contribution in [0.1, 0.15) is 74.5 Å². The molecule has 0 fully saturated rings. The number of aromatic nitrogens is 2. The zero-order valence-corrected chi connectivity index (χ0v) is 20.8. The van der Waals surface area contributed by atoms with Crippen molar-refractivity contribution in [1.29, 1.82) is 5.26 Å². The van der Waals surface area contributed by atoms with Crippen molar-refractivity contribution in [3.63, 3.8) is 0 Å². The zero-order chi connectivity index (χ0) is 23.7. The third kappa shape index (κ3) is 6.47. The van der Waals surface area contributed by atoms with Gasteiger partial charge in [-0.1, -0.05) is 52.0 Å². The highest BCUT2D eigenvalue weighted by molar-refractivity contribution is 5.57. The number of aromatic amines is 1. The maximum atomic E-state index is 8.68. The number of nitriles is 1. The Morgan fingerprint density at radius 1 is 1.00 bits per heavy atom. The Hall–Kier alpha value is -3.06. The summed E-state index contributed by atoms with van der Waals surface area (Å²) in [5.74, 6) is 1.63. The molecule has 4 nitrogen and oxygen atoms in total. The van der Waals surface area contributed by atoms with Crippen LogP contribution in [0.3, 0.4) is 0 Å². The Morgan fingerprint density at radius 3 is 2.19 bits per heavy atom. The van der Waals surface area contributed by atoms with Gasteiger partial charge in [-0.15, -0.1) is 0 Å². The average molecular weight is 431 g/mol. The van der Waals surface area contributed by atoms with E-state index in [1.54, 1.807) is 0 Å². The minimum Gasteiger partial charge on any atom is -0.378 e. The molecule has 0 atom stereocenters. The topological polar surface area (TPSA) is 55.7 Å². The smallest absolute Gasteiger partial charge is 0.137 e. The number of imidazole rings is 1. The molecule has 1 aliphatic rings. The van der Waals surface area contributed by atoms with Crippen molar-refractivity contribution in [2.45, 2.75) is 66.2 Å². The number of rotatable bonds is 3. The van der Waals surface area contributed by atoms with Crippen molar-refractivity contribution < 1.29 is 0 Å². The maximum absolute atomic E-state index is 8.68. The van der Waals surface area contributed by atoms with Gasteiger partial charge >= 0.3 is 0 Å². The number of nitrogens with one attached hydrogen (secondary N) is 1. The summed E-state index contributed by atoms with van der Waals surface area (Å²) in [6.45, 7) is 10.4. The minimum atomic E-state index is 0.587. The molecule has 0 spiro atoms. The molecule has 0 bridgehead atoms. The summed E-state index contributed by atoms with van der Waals surface area (Å²) in [5, 5.41) is 8.68. The molecule has 0 unspecified atom stereocenters. The Labute approximate surface area is 194 Å². The first-order valence-electron chi connectivity index (χ1n) is 11.7. The van der Waals surface area contributed by atoms with Gasteiger partial charge in [0.2, 0.25) is 0 Å². The second-order valence-corrected chi connectivity index (χ2v) is 8.50. The van der Waals surface area contributed by atoms with Gasteiger partial charge in [0.1, 0.15) is 5.82 Å². The molecule has 0 saturated carbocycles. The van der Waals surface area contributed by atoms with E-state index < -0.39 is 0 Å². The summed E-state index contributed by atoms with van der Waals surface area (Å²) in [6.07, 6.45) is 4.87. The first kappa shape index (κ1) is 25.2. The van der Waals surface area contributed by atoms with Gasteiger partial charge in [-0.3, -0.25) is 0 Å². The maximum Gasteiger partial charge on any atom is 0.137 e. The van der Waals surface area contributed by atoms with Gasteiger partial charge in [0.25, 0.3) is 0 Å². The van der Waals surface area contributed by atoms with Crippen molar-refractivity contribution in [1.82, 2.24) is 9.97 Å². The quantitative estimate of drug-likeness (QED) is 0.485. The van der Waals surface area contributed by atoms with E-state index in [1.807, 2.05) is 58.0 Å². The van der Waals surface area contributed by atoms with Crippen molar-refractivity contribution in [2.75, 3.05) is 19.0 Å². The third-order valence-corrected chi connectivity index (χ3v) is 5.65. The molecule has 1 heterocycles. The van der Waals surface area contributed by atoms with E-state index in [1.165, 1.54) is 35.4 Å². The number of anilines is 1. The van der Waals surface area contributed by atoms with Gasteiger partial charge in [-0.05, 0) is 67.9 Å². The van der Waals surface area contributed by atoms with Crippen LogP contribution in [0.15, 0.2) is 42.5 Å².